The van der Waals surface area contributed by atoms with Gasteiger partial charge in [-0.3, -0.25) is 0 Å². The Labute approximate surface area is 152 Å². The molecule has 0 unspecified atom stereocenters. The van der Waals surface area contributed by atoms with Gasteiger partial charge in [0.25, 0.3) is 0 Å². The lowest BCUT2D eigenvalue weighted by Gasteiger charge is -2.19. The lowest BCUT2D eigenvalue weighted by Crippen LogP contribution is -2.03. The number of phenolic OH excluding ortho intramolecular Hbond substituents is 1. The fourth-order valence-electron chi connectivity index (χ4n) is 3.60. The summed E-state index contributed by atoms with van der Waals surface area (Å²) in [5.41, 5.74) is 4.28. The van der Waals surface area contributed by atoms with Crippen molar-refractivity contribution < 1.29 is 20.1 Å². The number of carboxylic acids is 1. The maximum Gasteiger partial charge on any atom is 0.340 e. The monoisotopic (exact) mass is 350 g/mol. The predicted octanol–water partition coefficient (Wildman–Crippen LogP) is 5.36. The second kappa shape index (κ2) is 6.37. The van der Waals surface area contributed by atoms with Crippen molar-refractivity contribution in [1.82, 2.24) is 0 Å². The number of aryl methyl sites for hydroxylation is 2. The molecule has 0 bridgehead atoms. The number of phenols is 2. The third kappa shape index (κ3) is 2.68. The molecule has 3 rings (SSSR count). The van der Waals surface area contributed by atoms with Crippen LogP contribution in [0, 0.1) is 13.8 Å². The summed E-state index contributed by atoms with van der Waals surface area (Å²) in [5.74, 6) is -2.27. The van der Waals surface area contributed by atoms with Gasteiger partial charge in [-0.05, 0) is 53.5 Å². The van der Waals surface area contributed by atoms with Crippen LogP contribution in [0.2, 0.25) is 0 Å². The zero-order chi connectivity index (χ0) is 19.2. The normalized spacial score (nSPS) is 11.3. The van der Waals surface area contributed by atoms with Crippen LogP contribution in [-0.4, -0.2) is 21.3 Å². The standard InChI is InChI=1S/C22H22O4/c1-11(2)18-16-9-13(4)15(14-8-6-5-7-12(14)3)10-17(16)19(22(25)26)21(24)20(18)23/h5-11,23-24H,1-4H3,(H,25,26). The Morgan fingerprint density at radius 2 is 1.54 bits per heavy atom. The van der Waals surface area contributed by atoms with E-state index in [0.717, 1.165) is 22.3 Å². The van der Waals surface area contributed by atoms with E-state index in [0.29, 0.717) is 16.3 Å². The Kier molecular flexibility index (Phi) is 4.36. The smallest absolute Gasteiger partial charge is 0.340 e. The minimum atomic E-state index is -1.27. The fraction of sp³-hybridized carbons (Fsp3) is 0.227. The van der Waals surface area contributed by atoms with Crippen molar-refractivity contribution in [3.63, 3.8) is 0 Å². The van der Waals surface area contributed by atoms with Gasteiger partial charge in [0.05, 0.1) is 0 Å². The number of carboxylic acid groups (broad SMARTS) is 1. The van der Waals surface area contributed by atoms with Crippen LogP contribution in [0.5, 0.6) is 11.5 Å². The van der Waals surface area contributed by atoms with Gasteiger partial charge in [-0.2, -0.15) is 0 Å². The van der Waals surface area contributed by atoms with E-state index in [1.807, 2.05) is 64.1 Å². The number of rotatable bonds is 3. The molecule has 0 aliphatic rings. The Balaban J connectivity index is 2.50. The first-order valence-electron chi connectivity index (χ1n) is 8.55. The van der Waals surface area contributed by atoms with Crippen LogP contribution in [-0.2, 0) is 0 Å². The third-order valence-electron chi connectivity index (χ3n) is 4.87. The average molecular weight is 350 g/mol. The van der Waals surface area contributed by atoms with Crippen LogP contribution in [0.1, 0.15) is 46.8 Å². The molecule has 0 atom stereocenters. The van der Waals surface area contributed by atoms with Crippen molar-refractivity contribution in [2.45, 2.75) is 33.6 Å². The van der Waals surface area contributed by atoms with Crippen molar-refractivity contribution in [2.24, 2.45) is 0 Å². The number of hydrogen-bond donors (Lipinski definition) is 3. The van der Waals surface area contributed by atoms with Crippen molar-refractivity contribution in [1.29, 1.82) is 0 Å². The molecule has 3 aromatic carbocycles. The fourth-order valence-corrected chi connectivity index (χ4v) is 3.60. The molecule has 4 heteroatoms. The zero-order valence-corrected chi connectivity index (χ0v) is 15.3. The molecule has 0 aliphatic heterocycles. The molecule has 0 fully saturated rings. The number of hydrogen-bond acceptors (Lipinski definition) is 3. The highest BCUT2D eigenvalue weighted by molar-refractivity contribution is 6.10. The van der Waals surface area contributed by atoms with Gasteiger partial charge >= 0.3 is 5.97 Å². The highest BCUT2D eigenvalue weighted by Crippen LogP contribution is 2.45. The van der Waals surface area contributed by atoms with Gasteiger partial charge in [-0.25, -0.2) is 4.79 Å². The summed E-state index contributed by atoms with van der Waals surface area (Å²) in [4.78, 5) is 11.8. The number of aromatic carboxylic acids is 1. The second-order valence-electron chi connectivity index (χ2n) is 6.97. The van der Waals surface area contributed by atoms with Gasteiger partial charge in [-0.1, -0.05) is 44.2 Å². The second-order valence-corrected chi connectivity index (χ2v) is 6.97. The van der Waals surface area contributed by atoms with E-state index in [1.165, 1.54) is 0 Å². The molecule has 0 radical (unpaired) electrons. The topological polar surface area (TPSA) is 77.8 Å². The summed E-state index contributed by atoms with van der Waals surface area (Å²) in [7, 11) is 0. The van der Waals surface area contributed by atoms with E-state index in [-0.39, 0.29) is 17.2 Å². The van der Waals surface area contributed by atoms with E-state index in [4.69, 9.17) is 0 Å². The first kappa shape index (κ1) is 17.8. The van der Waals surface area contributed by atoms with Crippen LogP contribution in [0.15, 0.2) is 36.4 Å². The highest BCUT2D eigenvalue weighted by atomic mass is 16.4. The van der Waals surface area contributed by atoms with E-state index in [2.05, 4.69) is 0 Å². The Morgan fingerprint density at radius 3 is 2.12 bits per heavy atom. The average Bonchev–Trinajstić information content (AvgIpc) is 2.56. The number of benzene rings is 3. The van der Waals surface area contributed by atoms with E-state index in [9.17, 15) is 20.1 Å². The number of aromatic hydroxyl groups is 2. The molecule has 3 aromatic rings. The van der Waals surface area contributed by atoms with Gasteiger partial charge < -0.3 is 15.3 Å². The van der Waals surface area contributed by atoms with E-state index >= 15 is 0 Å². The van der Waals surface area contributed by atoms with Crippen LogP contribution in [0.25, 0.3) is 21.9 Å². The lowest BCUT2D eigenvalue weighted by molar-refractivity contribution is 0.0695. The van der Waals surface area contributed by atoms with Crippen molar-refractivity contribution in [3.05, 3.63) is 58.7 Å². The van der Waals surface area contributed by atoms with Crippen LogP contribution >= 0.6 is 0 Å². The maximum absolute atomic E-state index is 11.8. The Morgan fingerprint density at radius 1 is 0.885 bits per heavy atom. The van der Waals surface area contributed by atoms with Crippen molar-refractivity contribution in [3.8, 4) is 22.6 Å². The van der Waals surface area contributed by atoms with Crippen molar-refractivity contribution in [2.75, 3.05) is 0 Å². The summed E-state index contributed by atoms with van der Waals surface area (Å²) < 4.78 is 0. The zero-order valence-electron chi connectivity index (χ0n) is 15.3. The lowest BCUT2D eigenvalue weighted by atomic mass is 9.87. The van der Waals surface area contributed by atoms with Gasteiger partial charge in [0.2, 0.25) is 0 Å². The van der Waals surface area contributed by atoms with Gasteiger partial charge in [0, 0.05) is 10.9 Å². The third-order valence-corrected chi connectivity index (χ3v) is 4.87. The first-order chi connectivity index (χ1) is 12.2. The summed E-state index contributed by atoms with van der Waals surface area (Å²) in [6, 6.07) is 11.6. The molecule has 134 valence electrons. The molecular weight excluding hydrogens is 328 g/mol. The predicted molar refractivity (Wildman–Crippen MR) is 103 cm³/mol. The molecule has 0 aliphatic carbocycles. The minimum Gasteiger partial charge on any atom is -0.504 e. The SMILES string of the molecule is Cc1ccccc1-c1cc2c(C(=O)O)c(O)c(O)c(C(C)C)c2cc1C. The Bertz CT molecular complexity index is 1030. The van der Waals surface area contributed by atoms with Crippen molar-refractivity contribution >= 4 is 16.7 Å². The Hall–Kier alpha value is -3.01. The van der Waals surface area contributed by atoms with Crippen LogP contribution in [0.4, 0.5) is 0 Å². The molecule has 3 N–H and O–H groups in total. The maximum atomic E-state index is 11.8. The summed E-state index contributed by atoms with van der Waals surface area (Å²) in [6.07, 6.45) is 0. The minimum absolute atomic E-state index is 0.0741. The molecule has 0 spiro atoms. The molecule has 0 saturated heterocycles. The molecule has 26 heavy (non-hydrogen) atoms. The van der Waals surface area contributed by atoms with Gasteiger partial charge in [0.15, 0.2) is 11.5 Å². The largest absolute Gasteiger partial charge is 0.504 e. The number of fused-ring (bicyclic) bond motifs is 1. The molecule has 0 amide bonds. The van der Waals surface area contributed by atoms with Gasteiger partial charge in [0.1, 0.15) is 5.56 Å². The quantitative estimate of drug-likeness (QED) is 0.556. The molecule has 4 nitrogen and oxygen atoms in total. The molecule has 0 saturated carbocycles. The number of carbonyl (C=O) groups is 1. The molecule has 0 heterocycles. The van der Waals surface area contributed by atoms with Crippen LogP contribution < -0.4 is 0 Å². The van der Waals surface area contributed by atoms with Crippen LogP contribution in [0.3, 0.4) is 0 Å². The molecular formula is C22H22O4. The first-order valence-corrected chi connectivity index (χ1v) is 8.55. The summed E-state index contributed by atoms with van der Waals surface area (Å²) in [5, 5.41) is 31.5. The highest BCUT2D eigenvalue weighted by Gasteiger charge is 2.25. The van der Waals surface area contributed by atoms with E-state index < -0.39 is 11.7 Å². The summed E-state index contributed by atoms with van der Waals surface area (Å²) in [6.45, 7) is 7.78. The summed E-state index contributed by atoms with van der Waals surface area (Å²) >= 11 is 0. The van der Waals surface area contributed by atoms with Gasteiger partial charge in [-0.15, -0.1) is 0 Å². The molecule has 0 aromatic heterocycles. The van der Waals surface area contributed by atoms with E-state index in [1.54, 1.807) is 0 Å².